The number of rotatable bonds is 4. The number of carbonyl (C=O) groups excluding carboxylic acids is 1. The second-order valence-corrected chi connectivity index (χ2v) is 15.4. The van der Waals surface area contributed by atoms with E-state index in [0.29, 0.717) is 0 Å². The number of benzene rings is 2. The number of methoxy groups -OCH3 is 1. The third-order valence-corrected chi connectivity index (χ3v) is 12.0. The van der Waals surface area contributed by atoms with Gasteiger partial charge in [-0.05, 0) is 55.1 Å². The molecule has 4 nitrogen and oxygen atoms in total. The van der Waals surface area contributed by atoms with Crippen LogP contribution in [0.4, 0.5) is 0 Å². The van der Waals surface area contributed by atoms with Crippen LogP contribution in [0.3, 0.4) is 0 Å². The summed E-state index contributed by atoms with van der Waals surface area (Å²) >= 11 is 0. The number of para-hydroxylation sites is 1. The van der Waals surface area contributed by atoms with Crippen molar-refractivity contribution in [2.24, 2.45) is 0 Å². The van der Waals surface area contributed by atoms with E-state index in [1.54, 1.807) is 7.11 Å². The van der Waals surface area contributed by atoms with Gasteiger partial charge in [0.1, 0.15) is 5.75 Å². The van der Waals surface area contributed by atoms with E-state index in [2.05, 4.69) is 52.9 Å². The molecule has 0 radical (unpaired) electrons. The summed E-state index contributed by atoms with van der Waals surface area (Å²) in [6.45, 7) is 13.7. The van der Waals surface area contributed by atoms with Crippen LogP contribution in [-0.2, 0) is 22.0 Å². The average Bonchev–Trinajstić information content (AvgIpc) is 3.02. The van der Waals surface area contributed by atoms with E-state index in [1.807, 2.05) is 24.3 Å². The monoisotopic (exact) mass is 438 g/mol. The molecule has 2 aromatic rings. The topological polar surface area (TPSA) is 44.8 Å². The normalized spacial score (nSPS) is 23.2. The van der Waals surface area contributed by atoms with Crippen LogP contribution in [-0.4, -0.2) is 27.0 Å². The van der Waals surface area contributed by atoms with Gasteiger partial charge in [0.25, 0.3) is 0 Å². The number of ether oxygens (including phenoxy) is 2. The molecule has 2 aliphatic rings. The van der Waals surface area contributed by atoms with Gasteiger partial charge in [0.2, 0.25) is 0 Å². The zero-order chi connectivity index (χ0) is 22.6. The van der Waals surface area contributed by atoms with Gasteiger partial charge in [-0.1, -0.05) is 51.1 Å². The molecule has 2 aromatic carbocycles. The molecule has 0 N–H and O–H groups in total. The molecule has 0 aromatic heterocycles. The fourth-order valence-electron chi connectivity index (χ4n) is 4.70. The Bertz CT molecular complexity index is 1020. The Morgan fingerprint density at radius 2 is 1.81 bits per heavy atom. The first-order chi connectivity index (χ1) is 14.5. The van der Waals surface area contributed by atoms with Crippen LogP contribution < -0.4 is 4.74 Å². The van der Waals surface area contributed by atoms with Crippen LogP contribution >= 0.6 is 0 Å². The van der Waals surface area contributed by atoms with Crippen LogP contribution in [0.1, 0.15) is 72.8 Å². The zero-order valence-electron chi connectivity index (χ0n) is 19.8. The Labute approximate surface area is 187 Å². The van der Waals surface area contributed by atoms with Gasteiger partial charge in [0.05, 0.1) is 18.3 Å². The van der Waals surface area contributed by atoms with Crippen LogP contribution in [0.5, 0.6) is 5.75 Å². The van der Waals surface area contributed by atoms with E-state index < -0.39 is 14.4 Å². The van der Waals surface area contributed by atoms with E-state index >= 15 is 0 Å². The number of cyclic esters (lactones) is 1. The highest BCUT2D eigenvalue weighted by Crippen LogP contribution is 2.46. The molecule has 0 amide bonds. The molecule has 0 fully saturated rings. The first kappa shape index (κ1) is 22.1. The third-order valence-electron chi connectivity index (χ3n) is 7.35. The molecular formula is C26H34O4Si. The van der Waals surface area contributed by atoms with Crippen molar-refractivity contribution < 1.29 is 18.7 Å². The van der Waals surface area contributed by atoms with E-state index in [9.17, 15) is 4.79 Å². The maximum absolute atomic E-state index is 13.0. The Morgan fingerprint density at radius 3 is 2.48 bits per heavy atom. The quantitative estimate of drug-likeness (QED) is 0.420. The van der Waals surface area contributed by atoms with Crippen molar-refractivity contribution in [3.63, 3.8) is 0 Å². The number of hydrogen-bond acceptors (Lipinski definition) is 4. The number of hydrogen-bond donors (Lipinski definition) is 0. The lowest BCUT2D eigenvalue weighted by Crippen LogP contribution is -2.50. The fourth-order valence-corrected chi connectivity index (χ4v) is 6.41. The molecule has 1 aliphatic heterocycles. The molecule has 2 atom stereocenters. The third kappa shape index (κ3) is 3.83. The van der Waals surface area contributed by atoms with Gasteiger partial charge >= 0.3 is 5.97 Å². The van der Waals surface area contributed by atoms with E-state index in [0.717, 1.165) is 47.3 Å². The number of fused-ring (bicyclic) bond motifs is 3. The maximum Gasteiger partial charge on any atom is 0.339 e. The van der Waals surface area contributed by atoms with Crippen LogP contribution in [0, 0.1) is 0 Å². The zero-order valence-corrected chi connectivity index (χ0v) is 20.8. The smallest absolute Gasteiger partial charge is 0.339 e. The van der Waals surface area contributed by atoms with Crippen molar-refractivity contribution in [1.29, 1.82) is 0 Å². The largest absolute Gasteiger partial charge is 0.496 e. The van der Waals surface area contributed by atoms with Crippen molar-refractivity contribution in [2.75, 3.05) is 7.11 Å². The summed E-state index contributed by atoms with van der Waals surface area (Å²) in [5, 5.41) is 0.167. The van der Waals surface area contributed by atoms with Gasteiger partial charge < -0.3 is 13.9 Å². The molecule has 1 heterocycles. The van der Waals surface area contributed by atoms with Crippen molar-refractivity contribution in [2.45, 2.75) is 76.8 Å². The minimum Gasteiger partial charge on any atom is -0.496 e. The van der Waals surface area contributed by atoms with Crippen molar-refractivity contribution in [3.8, 4) is 5.75 Å². The Balaban J connectivity index is 1.68. The fraction of sp³-hybridized carbons (Fsp3) is 0.500. The predicted molar refractivity (Wildman–Crippen MR) is 125 cm³/mol. The Morgan fingerprint density at radius 1 is 1.10 bits per heavy atom. The molecule has 0 saturated carbocycles. The Hall–Kier alpha value is -2.11. The van der Waals surface area contributed by atoms with E-state index in [-0.39, 0.29) is 16.6 Å². The summed E-state index contributed by atoms with van der Waals surface area (Å²) in [7, 11) is -0.246. The summed E-state index contributed by atoms with van der Waals surface area (Å²) < 4.78 is 18.2. The lowest BCUT2D eigenvalue weighted by atomic mass is 9.78. The van der Waals surface area contributed by atoms with Crippen LogP contribution in [0.25, 0.3) is 0 Å². The summed E-state index contributed by atoms with van der Waals surface area (Å²) in [5.74, 6) is 0.512. The molecule has 31 heavy (non-hydrogen) atoms. The van der Waals surface area contributed by atoms with Crippen LogP contribution in [0.2, 0.25) is 18.1 Å². The lowest BCUT2D eigenvalue weighted by molar-refractivity contribution is 0.0444. The molecular weight excluding hydrogens is 404 g/mol. The molecule has 0 spiro atoms. The average molecular weight is 439 g/mol. The van der Waals surface area contributed by atoms with Gasteiger partial charge in [0.15, 0.2) is 14.4 Å². The first-order valence-electron chi connectivity index (χ1n) is 11.1. The summed E-state index contributed by atoms with van der Waals surface area (Å²) in [4.78, 5) is 13.0. The minimum absolute atomic E-state index is 0.167. The van der Waals surface area contributed by atoms with Gasteiger partial charge in [-0.25, -0.2) is 4.79 Å². The molecule has 0 saturated heterocycles. The predicted octanol–water partition coefficient (Wildman–Crippen LogP) is 6.22. The van der Waals surface area contributed by atoms with Gasteiger partial charge in [-0.3, -0.25) is 0 Å². The lowest BCUT2D eigenvalue weighted by Gasteiger charge is -2.46. The minimum atomic E-state index is -1.89. The Kier molecular flexibility index (Phi) is 5.34. The van der Waals surface area contributed by atoms with Crippen molar-refractivity contribution in [3.05, 3.63) is 64.2 Å². The number of esters is 1. The second kappa shape index (κ2) is 7.49. The van der Waals surface area contributed by atoms with Gasteiger partial charge in [-0.15, -0.1) is 0 Å². The van der Waals surface area contributed by atoms with E-state index in [4.69, 9.17) is 13.9 Å². The highest BCUT2D eigenvalue weighted by molar-refractivity contribution is 6.74. The second-order valence-electron chi connectivity index (χ2n) is 10.7. The number of carbonyl (C=O) groups is 1. The van der Waals surface area contributed by atoms with Crippen molar-refractivity contribution >= 4 is 14.3 Å². The molecule has 0 bridgehead atoms. The van der Waals surface area contributed by atoms with E-state index in [1.165, 1.54) is 5.56 Å². The van der Waals surface area contributed by atoms with Gasteiger partial charge in [-0.2, -0.15) is 0 Å². The summed E-state index contributed by atoms with van der Waals surface area (Å²) in [6.07, 6.45) is 2.16. The SMILES string of the molecule is COc1ccccc1C1OC(=O)c2c1ccc1c2CCC(C)(O[Si](C)(C)C(C)(C)C)C1. The van der Waals surface area contributed by atoms with Crippen molar-refractivity contribution in [1.82, 2.24) is 0 Å². The molecule has 4 rings (SSSR count). The highest BCUT2D eigenvalue weighted by Gasteiger charge is 2.45. The standard InChI is InChI=1S/C26H34O4Si/c1-25(2,3)31(6,7)30-26(4)15-14-18-17(16-26)12-13-20-22(18)24(27)29-23(20)19-10-8-9-11-21(19)28-5/h8-13,23H,14-16H2,1-7H3. The first-order valence-corrected chi connectivity index (χ1v) is 14.1. The molecule has 2 unspecified atom stereocenters. The summed E-state index contributed by atoms with van der Waals surface area (Å²) in [5.41, 5.74) is 4.73. The van der Waals surface area contributed by atoms with Gasteiger partial charge in [0, 0.05) is 17.5 Å². The molecule has 166 valence electrons. The highest BCUT2D eigenvalue weighted by atomic mass is 28.4. The molecule has 5 heteroatoms. The summed E-state index contributed by atoms with van der Waals surface area (Å²) in [6, 6.07) is 12.0. The van der Waals surface area contributed by atoms with Crippen LogP contribution in [0.15, 0.2) is 36.4 Å². The molecule has 1 aliphatic carbocycles. The maximum atomic E-state index is 13.0.